The number of hydrogen-bond donors (Lipinski definition) is 1. The Morgan fingerprint density at radius 3 is 2.88 bits per heavy atom. The van der Waals surface area contributed by atoms with Crippen LogP contribution in [0.4, 0.5) is 5.69 Å². The monoisotopic (exact) mass is 235 g/mol. The summed E-state index contributed by atoms with van der Waals surface area (Å²) in [5, 5.41) is 22.6. The standard InChI is InChI=1S/C11H13N3O3/c1-8(7-13-2)17-10-5-3-4-9(6-12)11(10)14(15)16/h3-5,8,13H,7H2,1-2H3. The predicted octanol–water partition coefficient (Wildman–Crippen LogP) is 1.45. The summed E-state index contributed by atoms with van der Waals surface area (Å²) in [5.41, 5.74) is -0.276. The second kappa shape index (κ2) is 5.82. The van der Waals surface area contributed by atoms with Gasteiger partial charge in [0.15, 0.2) is 5.75 Å². The molecular formula is C11H13N3O3. The van der Waals surface area contributed by atoms with Crippen LogP contribution in [0.5, 0.6) is 5.75 Å². The van der Waals surface area contributed by atoms with Gasteiger partial charge in [-0.25, -0.2) is 0 Å². The topological polar surface area (TPSA) is 88.2 Å². The first-order valence-corrected chi connectivity index (χ1v) is 5.09. The number of para-hydroxylation sites is 1. The number of hydrogen-bond acceptors (Lipinski definition) is 5. The molecule has 1 aromatic carbocycles. The quantitative estimate of drug-likeness (QED) is 0.616. The van der Waals surface area contributed by atoms with Gasteiger partial charge in [-0.1, -0.05) is 6.07 Å². The Morgan fingerprint density at radius 1 is 1.65 bits per heavy atom. The zero-order valence-corrected chi connectivity index (χ0v) is 9.64. The molecular weight excluding hydrogens is 222 g/mol. The van der Waals surface area contributed by atoms with Gasteiger partial charge in [-0.2, -0.15) is 5.26 Å². The molecule has 0 fully saturated rings. The van der Waals surface area contributed by atoms with Crippen LogP contribution in [0.15, 0.2) is 18.2 Å². The highest BCUT2D eigenvalue weighted by Crippen LogP contribution is 2.30. The molecule has 0 aliphatic carbocycles. The molecule has 6 nitrogen and oxygen atoms in total. The lowest BCUT2D eigenvalue weighted by molar-refractivity contribution is -0.386. The summed E-state index contributed by atoms with van der Waals surface area (Å²) < 4.78 is 5.43. The van der Waals surface area contributed by atoms with Crippen LogP contribution < -0.4 is 10.1 Å². The minimum absolute atomic E-state index is 0.00385. The van der Waals surface area contributed by atoms with Crippen molar-refractivity contribution in [1.82, 2.24) is 5.32 Å². The van der Waals surface area contributed by atoms with Crippen molar-refractivity contribution in [3.8, 4) is 11.8 Å². The number of nitro groups is 1. The fourth-order valence-corrected chi connectivity index (χ4v) is 1.44. The molecule has 17 heavy (non-hydrogen) atoms. The van der Waals surface area contributed by atoms with Crippen LogP contribution in [-0.2, 0) is 0 Å². The zero-order valence-electron chi connectivity index (χ0n) is 9.64. The van der Waals surface area contributed by atoms with E-state index in [0.717, 1.165) is 0 Å². The van der Waals surface area contributed by atoms with E-state index in [1.54, 1.807) is 26.1 Å². The maximum atomic E-state index is 10.9. The number of ether oxygens (including phenoxy) is 1. The van der Waals surface area contributed by atoms with E-state index in [2.05, 4.69) is 5.32 Å². The molecule has 0 saturated heterocycles. The van der Waals surface area contributed by atoms with Crippen LogP contribution in [0.25, 0.3) is 0 Å². The molecule has 90 valence electrons. The van der Waals surface area contributed by atoms with Crippen molar-refractivity contribution in [2.24, 2.45) is 0 Å². The molecule has 0 spiro atoms. The summed E-state index contributed by atoms with van der Waals surface area (Å²) in [6.07, 6.45) is -0.215. The van der Waals surface area contributed by atoms with E-state index in [9.17, 15) is 10.1 Å². The van der Waals surface area contributed by atoms with E-state index < -0.39 is 4.92 Å². The normalized spacial score (nSPS) is 11.6. The molecule has 0 saturated carbocycles. The molecule has 0 radical (unpaired) electrons. The van der Waals surface area contributed by atoms with Crippen molar-refractivity contribution >= 4 is 5.69 Å². The fourth-order valence-electron chi connectivity index (χ4n) is 1.44. The molecule has 1 N–H and O–H groups in total. The largest absolute Gasteiger partial charge is 0.482 e. The maximum Gasteiger partial charge on any atom is 0.328 e. The Hall–Kier alpha value is -2.13. The Bertz CT molecular complexity index is 454. The molecule has 0 aromatic heterocycles. The summed E-state index contributed by atoms with van der Waals surface area (Å²) in [7, 11) is 1.76. The van der Waals surface area contributed by atoms with Crippen molar-refractivity contribution in [3.05, 3.63) is 33.9 Å². The molecule has 0 aliphatic rings. The molecule has 0 amide bonds. The smallest absolute Gasteiger partial charge is 0.328 e. The van der Waals surface area contributed by atoms with Crippen molar-refractivity contribution in [3.63, 3.8) is 0 Å². The van der Waals surface area contributed by atoms with E-state index in [-0.39, 0.29) is 23.1 Å². The van der Waals surface area contributed by atoms with Crippen molar-refractivity contribution < 1.29 is 9.66 Å². The lowest BCUT2D eigenvalue weighted by Gasteiger charge is -2.14. The van der Waals surface area contributed by atoms with Gasteiger partial charge >= 0.3 is 5.69 Å². The van der Waals surface area contributed by atoms with Gasteiger partial charge in [0.1, 0.15) is 17.7 Å². The predicted molar refractivity (Wildman–Crippen MR) is 61.8 cm³/mol. The Labute approximate surface area is 99.0 Å². The van der Waals surface area contributed by atoms with Crippen LogP contribution in [-0.4, -0.2) is 24.6 Å². The second-order valence-corrected chi connectivity index (χ2v) is 3.51. The first-order valence-electron chi connectivity index (χ1n) is 5.09. The van der Waals surface area contributed by atoms with Crippen molar-refractivity contribution in [2.45, 2.75) is 13.0 Å². The number of likely N-dealkylation sites (N-methyl/N-ethyl adjacent to an activating group) is 1. The Balaban J connectivity index is 3.07. The third kappa shape index (κ3) is 3.16. The van der Waals surface area contributed by atoms with Crippen LogP contribution in [0.3, 0.4) is 0 Å². The van der Waals surface area contributed by atoms with Gasteiger partial charge in [-0.3, -0.25) is 10.1 Å². The summed E-state index contributed by atoms with van der Waals surface area (Å²) in [6, 6.07) is 6.24. The van der Waals surface area contributed by atoms with Crippen molar-refractivity contribution in [2.75, 3.05) is 13.6 Å². The third-order valence-corrected chi connectivity index (χ3v) is 2.12. The maximum absolute atomic E-state index is 10.9. The number of benzene rings is 1. The van der Waals surface area contributed by atoms with E-state index in [4.69, 9.17) is 10.00 Å². The highest BCUT2D eigenvalue weighted by molar-refractivity contribution is 5.58. The number of rotatable bonds is 5. The van der Waals surface area contributed by atoms with Crippen LogP contribution >= 0.6 is 0 Å². The summed E-state index contributed by atoms with van der Waals surface area (Å²) >= 11 is 0. The molecule has 1 atom stereocenters. The first-order chi connectivity index (χ1) is 8.10. The van der Waals surface area contributed by atoms with Gasteiger partial charge in [-0.15, -0.1) is 0 Å². The Kier molecular flexibility index (Phi) is 4.43. The number of nitriles is 1. The molecule has 0 bridgehead atoms. The lowest BCUT2D eigenvalue weighted by Crippen LogP contribution is -2.26. The molecule has 0 aliphatic heterocycles. The van der Waals surface area contributed by atoms with E-state index in [0.29, 0.717) is 6.54 Å². The van der Waals surface area contributed by atoms with Crippen LogP contribution in [0.2, 0.25) is 0 Å². The van der Waals surface area contributed by atoms with Gasteiger partial charge in [0.25, 0.3) is 0 Å². The van der Waals surface area contributed by atoms with Crippen LogP contribution in [0, 0.1) is 21.4 Å². The minimum atomic E-state index is -0.597. The van der Waals surface area contributed by atoms with Gasteiger partial charge in [-0.05, 0) is 26.1 Å². The molecule has 1 rings (SSSR count). The molecule has 1 aromatic rings. The van der Waals surface area contributed by atoms with Crippen LogP contribution in [0.1, 0.15) is 12.5 Å². The van der Waals surface area contributed by atoms with E-state index >= 15 is 0 Å². The first kappa shape index (κ1) is 12.9. The second-order valence-electron chi connectivity index (χ2n) is 3.51. The average Bonchev–Trinajstić information content (AvgIpc) is 2.28. The van der Waals surface area contributed by atoms with E-state index in [1.807, 2.05) is 0 Å². The minimum Gasteiger partial charge on any atom is -0.482 e. The van der Waals surface area contributed by atoms with Crippen molar-refractivity contribution in [1.29, 1.82) is 5.26 Å². The fraction of sp³-hybridized carbons (Fsp3) is 0.364. The molecule has 6 heteroatoms. The van der Waals surface area contributed by atoms with Gasteiger partial charge in [0.05, 0.1) is 4.92 Å². The van der Waals surface area contributed by atoms with Gasteiger partial charge < -0.3 is 10.1 Å². The Morgan fingerprint density at radius 2 is 2.35 bits per heavy atom. The summed E-state index contributed by atoms with van der Waals surface area (Å²) in [6.45, 7) is 2.35. The molecule has 1 unspecified atom stereocenters. The summed E-state index contributed by atoms with van der Waals surface area (Å²) in [5.74, 6) is 0.122. The highest BCUT2D eigenvalue weighted by Gasteiger charge is 2.21. The molecule has 0 heterocycles. The number of nitro benzene ring substituents is 1. The summed E-state index contributed by atoms with van der Waals surface area (Å²) in [4.78, 5) is 10.3. The zero-order chi connectivity index (χ0) is 12.8. The van der Waals surface area contributed by atoms with Gasteiger partial charge in [0, 0.05) is 6.54 Å². The SMILES string of the molecule is CNCC(C)Oc1cccc(C#N)c1[N+](=O)[O-]. The number of nitrogens with one attached hydrogen (secondary N) is 1. The highest BCUT2D eigenvalue weighted by atomic mass is 16.6. The average molecular weight is 235 g/mol. The third-order valence-electron chi connectivity index (χ3n) is 2.12. The van der Waals surface area contributed by atoms with E-state index in [1.165, 1.54) is 12.1 Å². The lowest BCUT2D eigenvalue weighted by atomic mass is 10.2. The van der Waals surface area contributed by atoms with Gasteiger partial charge in [0.2, 0.25) is 0 Å². The number of nitrogens with zero attached hydrogens (tertiary/aromatic N) is 2.